The van der Waals surface area contributed by atoms with Crippen LogP contribution in [0.15, 0.2) is 0 Å². The van der Waals surface area contributed by atoms with Crippen LogP contribution in [0.5, 0.6) is 0 Å². The highest BCUT2D eigenvalue weighted by molar-refractivity contribution is 5.76. The molecule has 114 valence electrons. The minimum absolute atomic E-state index is 0.0729. The van der Waals surface area contributed by atoms with E-state index < -0.39 is 0 Å². The van der Waals surface area contributed by atoms with Gasteiger partial charge in [0.15, 0.2) is 0 Å². The summed E-state index contributed by atoms with van der Waals surface area (Å²) in [5, 5.41) is 0. The van der Waals surface area contributed by atoms with Crippen LogP contribution in [-0.2, 0) is 4.79 Å². The van der Waals surface area contributed by atoms with Crippen LogP contribution in [-0.4, -0.2) is 49.4 Å². The van der Waals surface area contributed by atoms with Crippen molar-refractivity contribution in [2.24, 2.45) is 10.8 Å². The molecule has 0 unspecified atom stereocenters. The first-order valence-corrected chi connectivity index (χ1v) is 7.33. The van der Waals surface area contributed by atoms with Crippen molar-refractivity contribution in [2.75, 3.05) is 33.7 Å². The van der Waals surface area contributed by atoms with E-state index >= 15 is 0 Å². The van der Waals surface area contributed by atoms with Crippen molar-refractivity contribution in [1.82, 2.24) is 9.80 Å². The standard InChI is InChI=1S/C16H34N2O/c1-15(2,3)9-10-17(7)11-12-18(8)14(19)13-16(4,5)6/h9-13H2,1-8H3. The van der Waals surface area contributed by atoms with E-state index in [1.165, 1.54) is 6.42 Å². The van der Waals surface area contributed by atoms with Crippen molar-refractivity contribution in [3.63, 3.8) is 0 Å². The fraction of sp³-hybridized carbons (Fsp3) is 0.938. The van der Waals surface area contributed by atoms with Crippen molar-refractivity contribution in [3.05, 3.63) is 0 Å². The molecule has 0 spiro atoms. The average Bonchev–Trinajstić information content (AvgIpc) is 2.19. The maximum Gasteiger partial charge on any atom is 0.222 e. The lowest BCUT2D eigenvalue weighted by Gasteiger charge is -2.27. The van der Waals surface area contributed by atoms with Gasteiger partial charge in [-0.1, -0.05) is 41.5 Å². The quantitative estimate of drug-likeness (QED) is 0.739. The van der Waals surface area contributed by atoms with Crippen molar-refractivity contribution in [3.8, 4) is 0 Å². The molecule has 19 heavy (non-hydrogen) atoms. The third-order valence-corrected chi connectivity index (χ3v) is 3.17. The zero-order chi connectivity index (χ0) is 15.3. The van der Waals surface area contributed by atoms with Crippen LogP contribution >= 0.6 is 0 Å². The second-order valence-corrected chi connectivity index (χ2v) is 8.17. The van der Waals surface area contributed by atoms with E-state index in [1.807, 2.05) is 11.9 Å². The van der Waals surface area contributed by atoms with Gasteiger partial charge in [-0.2, -0.15) is 0 Å². The third kappa shape index (κ3) is 11.0. The van der Waals surface area contributed by atoms with Crippen LogP contribution in [0.4, 0.5) is 0 Å². The van der Waals surface area contributed by atoms with Crippen LogP contribution < -0.4 is 0 Å². The predicted molar refractivity (Wildman–Crippen MR) is 83.3 cm³/mol. The first kappa shape index (κ1) is 18.4. The van der Waals surface area contributed by atoms with Crippen molar-refractivity contribution in [1.29, 1.82) is 0 Å². The Morgan fingerprint density at radius 2 is 1.37 bits per heavy atom. The molecule has 3 nitrogen and oxygen atoms in total. The molecule has 3 heteroatoms. The molecular weight excluding hydrogens is 236 g/mol. The minimum atomic E-state index is 0.0729. The molecule has 0 saturated carbocycles. The lowest BCUT2D eigenvalue weighted by molar-refractivity contribution is -0.131. The highest BCUT2D eigenvalue weighted by atomic mass is 16.2. The Morgan fingerprint density at radius 1 is 0.842 bits per heavy atom. The Hall–Kier alpha value is -0.570. The summed E-state index contributed by atoms with van der Waals surface area (Å²) in [6.45, 7) is 16.0. The first-order chi connectivity index (χ1) is 8.41. The zero-order valence-electron chi connectivity index (χ0n) is 14.3. The SMILES string of the molecule is CN(CCN(C)C(=O)CC(C)(C)C)CCC(C)(C)C. The number of amides is 1. The van der Waals surface area contributed by atoms with Gasteiger partial charge in [-0.3, -0.25) is 4.79 Å². The first-order valence-electron chi connectivity index (χ1n) is 7.33. The van der Waals surface area contributed by atoms with Crippen LogP contribution in [0.25, 0.3) is 0 Å². The maximum atomic E-state index is 12.0. The van der Waals surface area contributed by atoms with Crippen LogP contribution in [0, 0.1) is 10.8 Å². The number of likely N-dealkylation sites (N-methyl/N-ethyl adjacent to an activating group) is 2. The van der Waals surface area contributed by atoms with Crippen LogP contribution in [0.1, 0.15) is 54.4 Å². The average molecular weight is 270 g/mol. The minimum Gasteiger partial charge on any atom is -0.344 e. The Bertz CT molecular complexity index is 273. The molecule has 0 aliphatic heterocycles. The monoisotopic (exact) mass is 270 g/mol. The fourth-order valence-corrected chi connectivity index (χ4v) is 1.67. The van der Waals surface area contributed by atoms with Gasteiger partial charge in [0.1, 0.15) is 0 Å². The van der Waals surface area contributed by atoms with E-state index in [4.69, 9.17) is 0 Å². The van der Waals surface area contributed by atoms with Crippen molar-refractivity contribution < 1.29 is 4.79 Å². The second kappa shape index (κ2) is 7.28. The number of hydrogen-bond acceptors (Lipinski definition) is 2. The molecule has 0 heterocycles. The molecular formula is C16H34N2O. The van der Waals surface area contributed by atoms with E-state index in [0.29, 0.717) is 11.8 Å². The Labute approximate surface area is 120 Å². The highest BCUT2D eigenvalue weighted by Crippen LogP contribution is 2.20. The van der Waals surface area contributed by atoms with Gasteiger partial charge < -0.3 is 9.80 Å². The molecule has 0 aliphatic carbocycles. The molecule has 0 aromatic heterocycles. The summed E-state index contributed by atoms with van der Waals surface area (Å²) in [6.07, 6.45) is 1.80. The van der Waals surface area contributed by atoms with Gasteiger partial charge in [-0.25, -0.2) is 0 Å². The Kier molecular flexibility index (Phi) is 7.06. The Morgan fingerprint density at radius 3 is 1.79 bits per heavy atom. The molecule has 0 fully saturated rings. The van der Waals surface area contributed by atoms with E-state index in [2.05, 4.69) is 53.5 Å². The summed E-state index contributed by atoms with van der Waals surface area (Å²) < 4.78 is 0. The number of nitrogens with zero attached hydrogens (tertiary/aromatic N) is 2. The van der Waals surface area contributed by atoms with Crippen molar-refractivity contribution in [2.45, 2.75) is 54.4 Å². The zero-order valence-corrected chi connectivity index (χ0v) is 14.3. The molecule has 0 rings (SSSR count). The van der Waals surface area contributed by atoms with E-state index in [-0.39, 0.29) is 11.3 Å². The molecule has 0 atom stereocenters. The normalized spacial score (nSPS) is 12.9. The molecule has 0 N–H and O–H groups in total. The van der Waals surface area contributed by atoms with E-state index in [9.17, 15) is 4.79 Å². The van der Waals surface area contributed by atoms with E-state index in [1.54, 1.807) is 0 Å². The summed E-state index contributed by atoms with van der Waals surface area (Å²) in [7, 11) is 4.04. The number of carbonyl (C=O) groups is 1. The van der Waals surface area contributed by atoms with Crippen LogP contribution in [0.3, 0.4) is 0 Å². The number of carbonyl (C=O) groups excluding carboxylic acids is 1. The van der Waals surface area contributed by atoms with Gasteiger partial charge in [0.2, 0.25) is 5.91 Å². The molecule has 0 saturated heterocycles. The van der Waals surface area contributed by atoms with Gasteiger partial charge in [0.25, 0.3) is 0 Å². The second-order valence-electron chi connectivity index (χ2n) is 8.17. The molecule has 0 aromatic carbocycles. The fourth-order valence-electron chi connectivity index (χ4n) is 1.67. The van der Waals surface area contributed by atoms with Gasteiger partial charge in [0, 0.05) is 26.6 Å². The smallest absolute Gasteiger partial charge is 0.222 e. The number of hydrogen-bond donors (Lipinski definition) is 0. The molecule has 0 aliphatic rings. The lowest BCUT2D eigenvalue weighted by atomic mass is 9.91. The summed E-state index contributed by atoms with van der Waals surface area (Å²) >= 11 is 0. The third-order valence-electron chi connectivity index (χ3n) is 3.17. The van der Waals surface area contributed by atoms with E-state index in [0.717, 1.165) is 19.6 Å². The van der Waals surface area contributed by atoms with Gasteiger partial charge >= 0.3 is 0 Å². The highest BCUT2D eigenvalue weighted by Gasteiger charge is 2.19. The molecule has 0 aromatic rings. The Balaban J connectivity index is 3.96. The summed E-state index contributed by atoms with van der Waals surface area (Å²) in [5.74, 6) is 0.247. The largest absolute Gasteiger partial charge is 0.344 e. The number of rotatable bonds is 6. The summed E-state index contributed by atoms with van der Waals surface area (Å²) in [6, 6.07) is 0. The lowest BCUT2D eigenvalue weighted by Crippen LogP contribution is -2.37. The van der Waals surface area contributed by atoms with Gasteiger partial charge in [0.05, 0.1) is 0 Å². The topological polar surface area (TPSA) is 23.6 Å². The van der Waals surface area contributed by atoms with Crippen molar-refractivity contribution >= 4 is 5.91 Å². The molecule has 0 bridgehead atoms. The summed E-state index contributed by atoms with van der Waals surface area (Å²) in [4.78, 5) is 16.2. The maximum absolute atomic E-state index is 12.0. The molecule has 0 radical (unpaired) electrons. The summed E-state index contributed by atoms with van der Waals surface area (Å²) in [5.41, 5.74) is 0.450. The van der Waals surface area contributed by atoms with Gasteiger partial charge in [-0.15, -0.1) is 0 Å². The molecule has 1 amide bonds. The van der Waals surface area contributed by atoms with Gasteiger partial charge in [-0.05, 0) is 30.8 Å². The predicted octanol–water partition coefficient (Wildman–Crippen LogP) is 3.25. The van der Waals surface area contributed by atoms with Crippen LogP contribution in [0.2, 0.25) is 0 Å².